The summed E-state index contributed by atoms with van der Waals surface area (Å²) in [5.74, 6) is 0. The third-order valence-electron chi connectivity index (χ3n) is 2.93. The molecule has 0 rings (SSSR count). The van der Waals surface area contributed by atoms with E-state index in [1.54, 1.807) is 7.11 Å². The number of hydrogen-bond acceptors (Lipinski definition) is 5. The molecule has 10 heteroatoms. The minimum Gasteiger partial charge on any atom is -0.420 e. The normalized spacial score (nSPS) is 13.9. The molecule has 0 bridgehead atoms. The van der Waals surface area contributed by atoms with Gasteiger partial charge in [-0.1, -0.05) is 0 Å². The molecule has 0 unspecified atom stereocenters. The second-order valence-corrected chi connectivity index (χ2v) is 13.6. The molecule has 1 N–H and O–H groups in total. The van der Waals surface area contributed by atoms with E-state index in [1.165, 1.54) is 4.31 Å². The molecule has 0 atom stereocenters. The fourth-order valence-electron chi connectivity index (χ4n) is 1.58. The van der Waals surface area contributed by atoms with Crippen LogP contribution in [-0.4, -0.2) is 68.7 Å². The van der Waals surface area contributed by atoms with Crippen molar-refractivity contribution in [3.63, 3.8) is 0 Å². The van der Waals surface area contributed by atoms with Crippen molar-refractivity contribution in [2.75, 3.05) is 39.3 Å². The monoisotopic (exact) mass is 346 g/mol. The lowest BCUT2D eigenvalue weighted by Crippen LogP contribution is -2.39. The van der Waals surface area contributed by atoms with E-state index >= 15 is 0 Å². The second-order valence-electron chi connectivity index (χ2n) is 5.40. The molecule has 7 nitrogen and oxygen atoms in total. The van der Waals surface area contributed by atoms with Gasteiger partial charge in [-0.25, -0.2) is 25.9 Å². The van der Waals surface area contributed by atoms with E-state index in [4.69, 9.17) is 4.43 Å². The molecule has 0 aromatic heterocycles. The zero-order valence-corrected chi connectivity index (χ0v) is 15.5. The standard InChI is InChI=1S/C10H26N2O5S2Si/c1-17-20(4,5)10-6-8-12(19(3,15)16)9-7-11-18(2,13)14/h11H,6-10H2,1-5H3. The minimum absolute atomic E-state index is 0.0804. The topological polar surface area (TPSA) is 92.8 Å². The van der Waals surface area contributed by atoms with E-state index in [9.17, 15) is 16.8 Å². The molecule has 0 amide bonds. The summed E-state index contributed by atoms with van der Waals surface area (Å²) < 4.78 is 54.2. The molecule has 0 aliphatic heterocycles. The average molecular weight is 347 g/mol. The predicted molar refractivity (Wildman–Crippen MR) is 83.2 cm³/mol. The Balaban J connectivity index is 4.39. The van der Waals surface area contributed by atoms with Crippen LogP contribution in [0.4, 0.5) is 0 Å². The Labute approximate surface area is 123 Å². The van der Waals surface area contributed by atoms with Gasteiger partial charge in [-0.05, 0) is 25.6 Å². The lowest BCUT2D eigenvalue weighted by molar-refractivity contribution is 0.388. The van der Waals surface area contributed by atoms with Gasteiger partial charge in [0.1, 0.15) is 0 Å². The van der Waals surface area contributed by atoms with Gasteiger partial charge in [0, 0.05) is 26.7 Å². The van der Waals surface area contributed by atoms with Gasteiger partial charge in [0.05, 0.1) is 12.5 Å². The molecule has 0 spiro atoms. The Bertz CT molecular complexity index is 490. The molecule has 0 aromatic rings. The van der Waals surface area contributed by atoms with Gasteiger partial charge >= 0.3 is 0 Å². The maximum absolute atomic E-state index is 11.6. The number of rotatable bonds is 10. The summed E-state index contributed by atoms with van der Waals surface area (Å²) in [5, 5.41) is 0. The second kappa shape index (κ2) is 7.85. The summed E-state index contributed by atoms with van der Waals surface area (Å²) >= 11 is 0. The summed E-state index contributed by atoms with van der Waals surface area (Å²) in [6, 6.07) is 0.856. The third-order valence-corrected chi connectivity index (χ3v) is 7.63. The quantitative estimate of drug-likeness (QED) is 0.564. The van der Waals surface area contributed by atoms with Gasteiger partial charge in [-0.2, -0.15) is 0 Å². The summed E-state index contributed by atoms with van der Waals surface area (Å²) in [6.07, 6.45) is 2.88. The van der Waals surface area contributed by atoms with Crippen LogP contribution in [0.2, 0.25) is 19.1 Å². The van der Waals surface area contributed by atoms with E-state index in [-0.39, 0.29) is 13.1 Å². The molecule has 0 fully saturated rings. The Hall–Kier alpha value is -0.00312. The van der Waals surface area contributed by atoms with Gasteiger partial charge in [0.25, 0.3) is 0 Å². The largest absolute Gasteiger partial charge is 0.420 e. The molecular formula is C10H26N2O5S2Si. The lowest BCUT2D eigenvalue weighted by Gasteiger charge is -2.23. The Morgan fingerprint density at radius 1 is 1.10 bits per heavy atom. The third kappa shape index (κ3) is 9.83. The molecular weight excluding hydrogens is 320 g/mol. The van der Waals surface area contributed by atoms with Crippen molar-refractivity contribution < 1.29 is 21.3 Å². The van der Waals surface area contributed by atoms with Crippen LogP contribution in [0.1, 0.15) is 6.42 Å². The van der Waals surface area contributed by atoms with Crippen LogP contribution in [0, 0.1) is 0 Å². The lowest BCUT2D eigenvalue weighted by atomic mass is 10.4. The highest BCUT2D eigenvalue weighted by atomic mass is 32.2. The highest BCUT2D eigenvalue weighted by Gasteiger charge is 2.22. The van der Waals surface area contributed by atoms with Crippen molar-refractivity contribution in [1.29, 1.82) is 0 Å². The van der Waals surface area contributed by atoms with E-state index < -0.39 is 28.4 Å². The number of sulfonamides is 2. The van der Waals surface area contributed by atoms with E-state index in [0.29, 0.717) is 13.0 Å². The van der Waals surface area contributed by atoms with Gasteiger partial charge in [-0.3, -0.25) is 0 Å². The molecule has 0 radical (unpaired) electrons. The van der Waals surface area contributed by atoms with Gasteiger partial charge in [0.2, 0.25) is 20.0 Å². The molecule has 0 aromatic carbocycles. The van der Waals surface area contributed by atoms with Crippen LogP contribution in [0.25, 0.3) is 0 Å². The number of hydrogen-bond donors (Lipinski definition) is 1. The molecule has 122 valence electrons. The molecule has 0 aliphatic rings. The summed E-state index contributed by atoms with van der Waals surface area (Å²) in [5.41, 5.74) is 0. The van der Waals surface area contributed by atoms with Crippen molar-refractivity contribution in [2.45, 2.75) is 25.6 Å². The summed E-state index contributed by atoms with van der Waals surface area (Å²) in [4.78, 5) is 0. The fourth-order valence-corrected chi connectivity index (χ4v) is 4.14. The minimum atomic E-state index is -3.33. The Morgan fingerprint density at radius 2 is 1.65 bits per heavy atom. The van der Waals surface area contributed by atoms with Crippen molar-refractivity contribution >= 4 is 28.4 Å². The Morgan fingerprint density at radius 3 is 2.05 bits per heavy atom. The smallest absolute Gasteiger partial charge is 0.211 e. The zero-order chi connectivity index (χ0) is 16.0. The van der Waals surface area contributed by atoms with Gasteiger partial charge < -0.3 is 4.43 Å². The molecule has 0 saturated heterocycles. The van der Waals surface area contributed by atoms with Crippen molar-refractivity contribution in [3.8, 4) is 0 Å². The van der Waals surface area contributed by atoms with E-state index in [2.05, 4.69) is 17.8 Å². The van der Waals surface area contributed by atoms with Crippen LogP contribution in [0.15, 0.2) is 0 Å². The van der Waals surface area contributed by atoms with Gasteiger partial charge in [-0.15, -0.1) is 0 Å². The first-order valence-electron chi connectivity index (χ1n) is 6.32. The maximum atomic E-state index is 11.6. The first-order valence-corrected chi connectivity index (χ1v) is 13.2. The number of nitrogens with zero attached hydrogens (tertiary/aromatic N) is 1. The first-order chi connectivity index (χ1) is 8.87. The van der Waals surface area contributed by atoms with Crippen LogP contribution in [0.5, 0.6) is 0 Å². The number of nitrogens with one attached hydrogen (secondary N) is 1. The highest BCUT2D eigenvalue weighted by Crippen LogP contribution is 2.13. The Kier molecular flexibility index (Phi) is 7.85. The molecule has 0 aliphatic carbocycles. The average Bonchev–Trinajstić information content (AvgIpc) is 2.24. The van der Waals surface area contributed by atoms with Crippen LogP contribution in [0.3, 0.4) is 0 Å². The first kappa shape index (κ1) is 20.0. The summed E-state index contributed by atoms with van der Waals surface area (Å²) in [6.45, 7) is 4.74. The van der Waals surface area contributed by atoms with Crippen LogP contribution < -0.4 is 4.72 Å². The highest BCUT2D eigenvalue weighted by molar-refractivity contribution is 7.88. The zero-order valence-electron chi connectivity index (χ0n) is 12.8. The van der Waals surface area contributed by atoms with Crippen molar-refractivity contribution in [1.82, 2.24) is 9.03 Å². The van der Waals surface area contributed by atoms with Crippen LogP contribution in [-0.2, 0) is 24.5 Å². The SMILES string of the molecule is CO[Si](C)(C)CCCN(CCNS(C)(=O)=O)S(C)(=O)=O. The molecule has 0 heterocycles. The fraction of sp³-hybridized carbons (Fsp3) is 1.00. The molecule has 0 saturated carbocycles. The van der Waals surface area contributed by atoms with E-state index in [0.717, 1.165) is 18.6 Å². The van der Waals surface area contributed by atoms with Crippen LogP contribution >= 0.6 is 0 Å². The summed E-state index contributed by atoms with van der Waals surface area (Å²) in [7, 11) is -6.65. The van der Waals surface area contributed by atoms with Crippen molar-refractivity contribution in [3.05, 3.63) is 0 Å². The van der Waals surface area contributed by atoms with Crippen molar-refractivity contribution in [2.24, 2.45) is 0 Å². The predicted octanol–water partition coefficient (Wildman–Crippen LogP) is 0.0388. The van der Waals surface area contributed by atoms with E-state index in [1.807, 2.05) is 0 Å². The maximum Gasteiger partial charge on any atom is 0.211 e. The van der Waals surface area contributed by atoms with Gasteiger partial charge in [0.15, 0.2) is 8.32 Å². The molecule has 20 heavy (non-hydrogen) atoms.